The zero-order valence-electron chi connectivity index (χ0n) is 12.8. The van der Waals surface area contributed by atoms with E-state index in [1.165, 1.54) is 4.90 Å². The molecular formula is C17H20N2O3. The second-order valence-corrected chi connectivity index (χ2v) is 5.94. The van der Waals surface area contributed by atoms with Crippen LogP contribution in [-0.4, -0.2) is 38.8 Å². The van der Waals surface area contributed by atoms with Crippen molar-refractivity contribution >= 4 is 17.0 Å². The quantitative estimate of drug-likeness (QED) is 0.894. The van der Waals surface area contributed by atoms with E-state index in [2.05, 4.69) is 11.1 Å². The number of aryl methyl sites for hydroxylation is 2. The molecule has 3 rings (SSSR count). The Morgan fingerprint density at radius 1 is 1.41 bits per heavy atom. The molecule has 1 aromatic heterocycles. The monoisotopic (exact) mass is 300 g/mol. The van der Waals surface area contributed by atoms with Crippen molar-refractivity contribution in [3.05, 3.63) is 41.1 Å². The van der Waals surface area contributed by atoms with Crippen LogP contribution in [0, 0.1) is 13.8 Å². The Kier molecular flexibility index (Phi) is 3.74. The third-order valence-corrected chi connectivity index (χ3v) is 4.55. The average molecular weight is 300 g/mol. The number of para-hydroxylation sites is 1. The fourth-order valence-corrected chi connectivity index (χ4v) is 3.22. The Labute approximate surface area is 129 Å². The van der Waals surface area contributed by atoms with Crippen molar-refractivity contribution in [2.75, 3.05) is 6.54 Å². The fraction of sp³-hybridized carbons (Fsp3) is 0.412. The second-order valence-electron chi connectivity index (χ2n) is 5.94. The van der Waals surface area contributed by atoms with Gasteiger partial charge in [-0.2, -0.15) is 0 Å². The molecule has 2 atom stereocenters. The van der Waals surface area contributed by atoms with E-state index in [4.69, 9.17) is 0 Å². The molecule has 2 aromatic rings. The van der Waals surface area contributed by atoms with Crippen LogP contribution in [0.5, 0.6) is 0 Å². The molecule has 2 heterocycles. The van der Waals surface area contributed by atoms with Crippen LogP contribution in [0.3, 0.4) is 0 Å². The minimum absolute atomic E-state index is 0.397. The van der Waals surface area contributed by atoms with Gasteiger partial charge in [-0.25, -0.2) is 4.79 Å². The average Bonchev–Trinajstić information content (AvgIpc) is 2.97. The number of carboxylic acid groups (broad SMARTS) is 1. The predicted octanol–water partition coefficient (Wildman–Crippen LogP) is 3.03. The lowest BCUT2D eigenvalue weighted by Gasteiger charge is -2.27. The van der Waals surface area contributed by atoms with Crippen molar-refractivity contribution in [2.24, 2.45) is 0 Å². The Morgan fingerprint density at radius 2 is 2.18 bits per heavy atom. The number of fused-ring (bicyclic) bond motifs is 1. The molecule has 1 amide bonds. The zero-order chi connectivity index (χ0) is 15.9. The van der Waals surface area contributed by atoms with E-state index < -0.39 is 18.2 Å². The van der Waals surface area contributed by atoms with E-state index in [1.807, 2.05) is 32.0 Å². The van der Waals surface area contributed by atoms with Gasteiger partial charge in [0.2, 0.25) is 0 Å². The first-order valence-corrected chi connectivity index (χ1v) is 7.53. The maximum atomic E-state index is 11.3. The first-order valence-electron chi connectivity index (χ1n) is 7.53. The van der Waals surface area contributed by atoms with Crippen LogP contribution in [0.1, 0.15) is 35.8 Å². The van der Waals surface area contributed by atoms with Gasteiger partial charge in [0.25, 0.3) is 0 Å². The third kappa shape index (κ3) is 2.41. The minimum atomic E-state index is -0.971. The number of aromatic nitrogens is 1. The van der Waals surface area contributed by atoms with E-state index in [0.29, 0.717) is 18.5 Å². The number of nitrogens with zero attached hydrogens (tertiary/aromatic N) is 2. The fourth-order valence-electron chi connectivity index (χ4n) is 3.22. The van der Waals surface area contributed by atoms with Gasteiger partial charge in [0.1, 0.15) is 6.10 Å². The predicted molar refractivity (Wildman–Crippen MR) is 83.9 cm³/mol. The maximum absolute atomic E-state index is 11.3. The normalized spacial score (nSPS) is 19.6. The number of carbonyl (C=O) groups is 1. The molecule has 2 N–H and O–H groups in total. The minimum Gasteiger partial charge on any atom is -0.465 e. The molecule has 0 saturated carbocycles. The molecule has 1 unspecified atom stereocenters. The lowest BCUT2D eigenvalue weighted by atomic mass is 9.97. The third-order valence-electron chi connectivity index (χ3n) is 4.55. The molecule has 1 saturated heterocycles. The van der Waals surface area contributed by atoms with Gasteiger partial charge in [0.05, 0.1) is 11.6 Å². The second kappa shape index (κ2) is 5.57. The molecule has 1 aromatic carbocycles. The SMILES string of the molecule is Cc1cc2cccc(C(O)[C@@H]3CCCN3C(=O)O)c2nc1C. The van der Waals surface area contributed by atoms with Crippen LogP contribution in [0.2, 0.25) is 0 Å². The topological polar surface area (TPSA) is 73.7 Å². The summed E-state index contributed by atoms with van der Waals surface area (Å²) in [6.45, 7) is 4.43. The number of aliphatic hydroxyl groups excluding tert-OH is 1. The molecule has 1 fully saturated rings. The van der Waals surface area contributed by atoms with Crippen molar-refractivity contribution in [3.8, 4) is 0 Å². The summed E-state index contributed by atoms with van der Waals surface area (Å²) in [7, 11) is 0. The number of rotatable bonds is 2. The van der Waals surface area contributed by atoms with Crippen LogP contribution >= 0.6 is 0 Å². The number of amides is 1. The lowest BCUT2D eigenvalue weighted by Crippen LogP contribution is -2.38. The molecule has 0 radical (unpaired) electrons. The summed E-state index contributed by atoms with van der Waals surface area (Å²) in [4.78, 5) is 17.3. The lowest BCUT2D eigenvalue weighted by molar-refractivity contribution is 0.0684. The van der Waals surface area contributed by atoms with E-state index in [-0.39, 0.29) is 0 Å². The van der Waals surface area contributed by atoms with Gasteiger partial charge in [-0.05, 0) is 38.3 Å². The molecule has 0 aliphatic carbocycles. The number of benzene rings is 1. The number of pyridine rings is 1. The van der Waals surface area contributed by atoms with Gasteiger partial charge in [0.15, 0.2) is 0 Å². The summed E-state index contributed by atoms with van der Waals surface area (Å²) in [5, 5.41) is 21.0. The summed E-state index contributed by atoms with van der Waals surface area (Å²) in [6.07, 6.45) is -0.363. The van der Waals surface area contributed by atoms with Crippen LogP contribution < -0.4 is 0 Å². The van der Waals surface area contributed by atoms with Gasteiger partial charge in [-0.3, -0.25) is 4.98 Å². The van der Waals surface area contributed by atoms with Crippen molar-refractivity contribution in [3.63, 3.8) is 0 Å². The Morgan fingerprint density at radius 3 is 2.91 bits per heavy atom. The highest BCUT2D eigenvalue weighted by Gasteiger charge is 2.35. The zero-order valence-corrected chi connectivity index (χ0v) is 12.8. The standard InChI is InChI=1S/C17H20N2O3/c1-10-9-12-5-3-6-13(15(12)18-11(10)2)16(20)14-7-4-8-19(14)17(21)22/h3,5-6,9,14,16,20H,4,7-8H2,1-2H3,(H,21,22)/t14-,16?/m0/s1. The summed E-state index contributed by atoms with van der Waals surface area (Å²) >= 11 is 0. The van der Waals surface area contributed by atoms with Gasteiger partial charge < -0.3 is 15.1 Å². The number of aliphatic hydroxyl groups is 1. The van der Waals surface area contributed by atoms with Crippen molar-refractivity contribution in [2.45, 2.75) is 38.8 Å². The van der Waals surface area contributed by atoms with Crippen molar-refractivity contribution in [1.82, 2.24) is 9.88 Å². The first kappa shape index (κ1) is 14.8. The molecule has 22 heavy (non-hydrogen) atoms. The molecular weight excluding hydrogens is 280 g/mol. The molecule has 1 aliphatic rings. The largest absolute Gasteiger partial charge is 0.465 e. The van der Waals surface area contributed by atoms with Crippen LogP contribution in [0.25, 0.3) is 10.9 Å². The molecule has 1 aliphatic heterocycles. The number of hydrogen-bond donors (Lipinski definition) is 2. The molecule has 116 valence electrons. The van der Waals surface area contributed by atoms with E-state index in [0.717, 1.165) is 28.6 Å². The van der Waals surface area contributed by atoms with Crippen LogP contribution in [-0.2, 0) is 0 Å². The molecule has 5 nitrogen and oxygen atoms in total. The summed E-state index contributed by atoms with van der Waals surface area (Å²) in [6, 6.07) is 7.35. The van der Waals surface area contributed by atoms with Crippen molar-refractivity contribution in [1.29, 1.82) is 0 Å². The van der Waals surface area contributed by atoms with Gasteiger partial charge in [0, 0.05) is 23.2 Å². The number of hydrogen-bond acceptors (Lipinski definition) is 3. The highest BCUT2D eigenvalue weighted by atomic mass is 16.4. The van der Waals surface area contributed by atoms with E-state index in [1.54, 1.807) is 0 Å². The molecule has 0 spiro atoms. The summed E-state index contributed by atoms with van der Waals surface area (Å²) in [5.74, 6) is 0. The Balaban J connectivity index is 2.06. The highest BCUT2D eigenvalue weighted by molar-refractivity contribution is 5.83. The smallest absolute Gasteiger partial charge is 0.407 e. The summed E-state index contributed by atoms with van der Waals surface area (Å²) < 4.78 is 0. The Hall–Kier alpha value is -2.14. The maximum Gasteiger partial charge on any atom is 0.407 e. The van der Waals surface area contributed by atoms with Crippen LogP contribution in [0.15, 0.2) is 24.3 Å². The highest BCUT2D eigenvalue weighted by Crippen LogP contribution is 2.33. The van der Waals surface area contributed by atoms with Gasteiger partial charge >= 0.3 is 6.09 Å². The summed E-state index contributed by atoms with van der Waals surface area (Å²) in [5.41, 5.74) is 3.50. The molecule has 0 bridgehead atoms. The van der Waals surface area contributed by atoms with Crippen molar-refractivity contribution < 1.29 is 15.0 Å². The van der Waals surface area contributed by atoms with Gasteiger partial charge in [-0.1, -0.05) is 18.2 Å². The number of likely N-dealkylation sites (tertiary alicyclic amines) is 1. The molecule has 5 heteroatoms. The van der Waals surface area contributed by atoms with Crippen LogP contribution in [0.4, 0.5) is 4.79 Å². The Bertz CT molecular complexity index is 729. The van der Waals surface area contributed by atoms with E-state index >= 15 is 0 Å². The van der Waals surface area contributed by atoms with E-state index in [9.17, 15) is 15.0 Å². The first-order chi connectivity index (χ1) is 10.5. The van der Waals surface area contributed by atoms with Gasteiger partial charge in [-0.15, -0.1) is 0 Å².